The van der Waals surface area contributed by atoms with Gasteiger partial charge >= 0.3 is 6.03 Å². The molecule has 6 heteroatoms. The second kappa shape index (κ2) is 6.63. The van der Waals surface area contributed by atoms with Gasteiger partial charge in [-0.3, -0.25) is 10.1 Å². The van der Waals surface area contributed by atoms with Crippen LogP contribution >= 0.6 is 0 Å². The molecule has 0 radical (unpaired) electrons. The van der Waals surface area contributed by atoms with Gasteiger partial charge in [-0.25, -0.2) is 4.79 Å². The molecule has 0 spiro atoms. The Morgan fingerprint density at radius 2 is 2.11 bits per heavy atom. The molecule has 0 bridgehead atoms. The number of carbonyl (C=O) groups excluding carboxylic acids is 2. The number of nitrogens with two attached hydrogens (primary N) is 1. The Morgan fingerprint density at radius 1 is 1.42 bits per heavy atom. The molecule has 0 saturated carbocycles. The number of hydrogen-bond acceptors (Lipinski definition) is 4. The molecule has 4 N–H and O–H groups in total. The third kappa shape index (κ3) is 4.17. The average Bonchev–Trinajstić information content (AvgIpc) is 2.34. The van der Waals surface area contributed by atoms with E-state index in [4.69, 9.17) is 10.5 Å². The minimum Gasteiger partial charge on any atom is -0.478 e. The summed E-state index contributed by atoms with van der Waals surface area (Å²) >= 11 is 0. The Labute approximate surface area is 112 Å². The maximum atomic E-state index is 11.7. The Kier molecular flexibility index (Phi) is 5.17. The third-order valence-electron chi connectivity index (χ3n) is 2.48. The molecular weight excluding hydrogens is 246 g/mol. The predicted octanol–water partition coefficient (Wildman–Crippen LogP) is 1.19. The monoisotopic (exact) mass is 265 g/mol. The highest BCUT2D eigenvalue weighted by Gasteiger charge is 2.18. The highest BCUT2D eigenvalue weighted by atomic mass is 16.5. The quantitative estimate of drug-likeness (QED) is 0.713. The van der Waals surface area contributed by atoms with Gasteiger partial charge in [0.1, 0.15) is 5.75 Å². The van der Waals surface area contributed by atoms with Gasteiger partial charge < -0.3 is 15.8 Å². The van der Waals surface area contributed by atoms with E-state index < -0.39 is 18.0 Å². The van der Waals surface area contributed by atoms with Crippen LogP contribution in [0.1, 0.15) is 19.4 Å². The van der Waals surface area contributed by atoms with Crippen molar-refractivity contribution in [1.82, 2.24) is 10.6 Å². The zero-order valence-corrected chi connectivity index (χ0v) is 11.3. The Bertz CT molecular complexity index is 454. The second-order valence-corrected chi connectivity index (χ2v) is 4.10. The fourth-order valence-corrected chi connectivity index (χ4v) is 1.48. The van der Waals surface area contributed by atoms with Crippen LogP contribution in [0.25, 0.3) is 0 Å². The Hall–Kier alpha value is -2.24. The van der Waals surface area contributed by atoms with Gasteiger partial charge in [0.2, 0.25) is 0 Å². The standard InChI is InChI=1S/C13H19N3O3/c1-4-15-13(18)16-12(17)9(3)19-11-8(2)6-5-7-10(11)14/h5-7,9H,4,14H2,1-3H3,(H2,15,16,17,18). The molecule has 19 heavy (non-hydrogen) atoms. The number of anilines is 1. The molecule has 1 rings (SSSR count). The first-order valence-corrected chi connectivity index (χ1v) is 6.06. The summed E-state index contributed by atoms with van der Waals surface area (Å²) in [6.45, 7) is 5.59. The summed E-state index contributed by atoms with van der Waals surface area (Å²) in [4.78, 5) is 22.9. The van der Waals surface area contributed by atoms with Crippen LogP contribution in [0.15, 0.2) is 18.2 Å². The minimum atomic E-state index is -0.814. The van der Waals surface area contributed by atoms with Crippen molar-refractivity contribution in [2.75, 3.05) is 12.3 Å². The van der Waals surface area contributed by atoms with Gasteiger partial charge in [-0.05, 0) is 32.4 Å². The van der Waals surface area contributed by atoms with E-state index in [1.54, 1.807) is 26.0 Å². The van der Waals surface area contributed by atoms with Crippen molar-refractivity contribution < 1.29 is 14.3 Å². The van der Waals surface area contributed by atoms with Crippen LogP contribution in [-0.2, 0) is 4.79 Å². The van der Waals surface area contributed by atoms with Crippen molar-refractivity contribution in [2.24, 2.45) is 0 Å². The van der Waals surface area contributed by atoms with Gasteiger partial charge in [0.05, 0.1) is 5.69 Å². The first kappa shape index (κ1) is 14.8. The van der Waals surface area contributed by atoms with Gasteiger partial charge in [-0.1, -0.05) is 12.1 Å². The molecule has 104 valence electrons. The molecule has 0 aliphatic rings. The molecule has 1 atom stereocenters. The number of rotatable bonds is 4. The molecule has 0 aliphatic heterocycles. The lowest BCUT2D eigenvalue weighted by molar-refractivity contribution is -0.126. The molecular formula is C13H19N3O3. The summed E-state index contributed by atoms with van der Waals surface area (Å²) in [7, 11) is 0. The first-order chi connectivity index (χ1) is 8.95. The molecule has 1 aromatic rings. The van der Waals surface area contributed by atoms with Crippen LogP contribution in [0, 0.1) is 6.92 Å². The number of hydrogen-bond donors (Lipinski definition) is 3. The summed E-state index contributed by atoms with van der Waals surface area (Å²) in [6, 6.07) is 4.79. The van der Waals surface area contributed by atoms with E-state index in [-0.39, 0.29) is 0 Å². The topological polar surface area (TPSA) is 93.5 Å². The number of carbonyl (C=O) groups is 2. The number of nitrogen functional groups attached to an aromatic ring is 1. The maximum absolute atomic E-state index is 11.7. The molecule has 1 unspecified atom stereocenters. The highest BCUT2D eigenvalue weighted by Crippen LogP contribution is 2.26. The molecule has 3 amide bonds. The van der Waals surface area contributed by atoms with Gasteiger partial charge in [-0.2, -0.15) is 0 Å². The number of para-hydroxylation sites is 1. The number of urea groups is 1. The van der Waals surface area contributed by atoms with E-state index in [9.17, 15) is 9.59 Å². The largest absolute Gasteiger partial charge is 0.478 e. The summed E-state index contributed by atoms with van der Waals surface area (Å²) in [6.07, 6.45) is -0.814. The lowest BCUT2D eigenvalue weighted by atomic mass is 10.2. The van der Waals surface area contributed by atoms with E-state index in [2.05, 4.69) is 10.6 Å². The number of aryl methyl sites for hydroxylation is 1. The lowest BCUT2D eigenvalue weighted by Crippen LogP contribution is -2.45. The molecule has 0 aromatic heterocycles. The van der Waals surface area contributed by atoms with Crippen molar-refractivity contribution in [3.8, 4) is 5.75 Å². The van der Waals surface area contributed by atoms with Crippen molar-refractivity contribution in [2.45, 2.75) is 26.9 Å². The van der Waals surface area contributed by atoms with Crippen LogP contribution < -0.4 is 21.1 Å². The van der Waals surface area contributed by atoms with Crippen LogP contribution in [-0.4, -0.2) is 24.6 Å². The number of benzene rings is 1. The Morgan fingerprint density at radius 3 is 2.68 bits per heavy atom. The van der Waals surface area contributed by atoms with E-state index in [0.29, 0.717) is 18.0 Å². The summed E-state index contributed by atoms with van der Waals surface area (Å²) in [5, 5.41) is 4.65. The van der Waals surface area contributed by atoms with Crippen LogP contribution in [0.4, 0.5) is 10.5 Å². The van der Waals surface area contributed by atoms with E-state index in [0.717, 1.165) is 5.56 Å². The van der Waals surface area contributed by atoms with Crippen molar-refractivity contribution in [3.63, 3.8) is 0 Å². The van der Waals surface area contributed by atoms with Gasteiger partial charge in [-0.15, -0.1) is 0 Å². The molecule has 0 aliphatic carbocycles. The first-order valence-electron chi connectivity index (χ1n) is 6.06. The normalized spacial score (nSPS) is 11.5. The number of nitrogens with one attached hydrogen (secondary N) is 2. The zero-order chi connectivity index (χ0) is 14.4. The summed E-state index contributed by atoms with van der Waals surface area (Å²) in [5.74, 6) is -0.0605. The maximum Gasteiger partial charge on any atom is 0.321 e. The summed E-state index contributed by atoms with van der Waals surface area (Å²) in [5.41, 5.74) is 7.07. The fourth-order valence-electron chi connectivity index (χ4n) is 1.48. The number of imide groups is 1. The van der Waals surface area contributed by atoms with Gasteiger partial charge in [0, 0.05) is 6.54 Å². The molecule has 0 fully saturated rings. The van der Waals surface area contributed by atoms with Crippen LogP contribution in [0.3, 0.4) is 0 Å². The minimum absolute atomic E-state index is 0.444. The third-order valence-corrected chi connectivity index (χ3v) is 2.48. The van der Waals surface area contributed by atoms with E-state index in [1.165, 1.54) is 0 Å². The van der Waals surface area contributed by atoms with Gasteiger partial charge in [0.15, 0.2) is 6.10 Å². The smallest absolute Gasteiger partial charge is 0.321 e. The molecule has 0 saturated heterocycles. The van der Waals surface area contributed by atoms with Crippen LogP contribution in [0.5, 0.6) is 5.75 Å². The zero-order valence-electron chi connectivity index (χ0n) is 11.3. The second-order valence-electron chi connectivity index (χ2n) is 4.10. The van der Waals surface area contributed by atoms with Crippen molar-refractivity contribution >= 4 is 17.6 Å². The summed E-state index contributed by atoms with van der Waals surface area (Å²) < 4.78 is 5.50. The highest BCUT2D eigenvalue weighted by molar-refractivity contribution is 5.96. The number of ether oxygens (including phenoxy) is 1. The number of amides is 3. The lowest BCUT2D eigenvalue weighted by Gasteiger charge is -2.17. The molecule has 0 heterocycles. The van der Waals surface area contributed by atoms with E-state index in [1.807, 2.05) is 13.0 Å². The van der Waals surface area contributed by atoms with E-state index >= 15 is 0 Å². The van der Waals surface area contributed by atoms with Crippen molar-refractivity contribution in [3.05, 3.63) is 23.8 Å². The predicted molar refractivity (Wildman–Crippen MR) is 72.9 cm³/mol. The SMILES string of the molecule is CCNC(=O)NC(=O)C(C)Oc1c(C)cccc1N. The Balaban J connectivity index is 2.66. The van der Waals surface area contributed by atoms with Crippen molar-refractivity contribution in [1.29, 1.82) is 0 Å². The fraction of sp³-hybridized carbons (Fsp3) is 0.385. The molecule has 6 nitrogen and oxygen atoms in total. The molecule has 1 aromatic carbocycles. The van der Waals surface area contributed by atoms with Crippen LogP contribution in [0.2, 0.25) is 0 Å². The van der Waals surface area contributed by atoms with Gasteiger partial charge in [0.25, 0.3) is 5.91 Å². The average molecular weight is 265 g/mol.